The molecule has 2 rings (SSSR count). The minimum Gasteiger partial charge on any atom is -0.342 e. The van der Waals surface area contributed by atoms with Crippen LogP contribution in [0.25, 0.3) is 0 Å². The second-order valence-electron chi connectivity index (χ2n) is 6.15. The lowest BCUT2D eigenvalue weighted by Gasteiger charge is -2.42. The summed E-state index contributed by atoms with van der Waals surface area (Å²) in [5, 5.41) is 2.86. The van der Waals surface area contributed by atoms with E-state index in [0.717, 1.165) is 0 Å². The Bertz CT molecular complexity index is 508. The molecule has 1 aromatic heterocycles. The van der Waals surface area contributed by atoms with Gasteiger partial charge in [0.15, 0.2) is 0 Å². The number of nitrogens with one attached hydrogen (secondary N) is 1. The number of anilines is 1. The predicted molar refractivity (Wildman–Crippen MR) is 77.2 cm³/mol. The van der Waals surface area contributed by atoms with Gasteiger partial charge in [-0.25, -0.2) is 0 Å². The van der Waals surface area contributed by atoms with Gasteiger partial charge < -0.3 is 5.32 Å². The van der Waals surface area contributed by atoms with Crippen LogP contribution in [-0.4, -0.2) is 28.9 Å². The van der Waals surface area contributed by atoms with Crippen molar-refractivity contribution in [3.05, 3.63) is 24.5 Å². The van der Waals surface area contributed by atoms with Gasteiger partial charge in [-0.05, 0) is 24.0 Å². The second kappa shape index (κ2) is 5.23. The maximum atomic E-state index is 12.8. The van der Waals surface area contributed by atoms with Gasteiger partial charge in [-0.1, -0.05) is 27.7 Å². The Labute approximate surface area is 119 Å². The van der Waals surface area contributed by atoms with Gasteiger partial charge >= 0.3 is 0 Å². The highest BCUT2D eigenvalue weighted by atomic mass is 16.2. The van der Waals surface area contributed by atoms with Crippen LogP contribution in [0.2, 0.25) is 0 Å². The SMILES string of the molecule is CCC1C(=O)NC(C(C)(C)C)C(=O)N1c1cccnc1. The summed E-state index contributed by atoms with van der Waals surface area (Å²) in [6.45, 7) is 7.74. The molecule has 1 aromatic rings. The van der Waals surface area contributed by atoms with Gasteiger partial charge in [0.25, 0.3) is 5.91 Å². The summed E-state index contributed by atoms with van der Waals surface area (Å²) in [5.41, 5.74) is 0.347. The molecule has 0 aliphatic carbocycles. The first kappa shape index (κ1) is 14.5. The van der Waals surface area contributed by atoms with E-state index >= 15 is 0 Å². The minimum absolute atomic E-state index is 0.0723. The van der Waals surface area contributed by atoms with E-state index in [-0.39, 0.29) is 17.2 Å². The maximum absolute atomic E-state index is 12.8. The van der Waals surface area contributed by atoms with Crippen molar-refractivity contribution in [2.75, 3.05) is 4.90 Å². The first-order chi connectivity index (χ1) is 9.36. The third-order valence-corrected chi connectivity index (χ3v) is 3.56. The van der Waals surface area contributed by atoms with Crippen LogP contribution >= 0.6 is 0 Å². The van der Waals surface area contributed by atoms with Crippen LogP contribution in [0.4, 0.5) is 5.69 Å². The van der Waals surface area contributed by atoms with Crippen molar-refractivity contribution in [2.45, 2.75) is 46.2 Å². The van der Waals surface area contributed by atoms with E-state index in [4.69, 9.17) is 0 Å². The number of pyridine rings is 1. The van der Waals surface area contributed by atoms with Crippen molar-refractivity contribution in [3.63, 3.8) is 0 Å². The zero-order valence-corrected chi connectivity index (χ0v) is 12.4. The van der Waals surface area contributed by atoms with Crippen LogP contribution < -0.4 is 10.2 Å². The van der Waals surface area contributed by atoms with Crippen LogP contribution in [0.15, 0.2) is 24.5 Å². The van der Waals surface area contributed by atoms with Gasteiger partial charge in [0.05, 0.1) is 11.9 Å². The Morgan fingerprint density at radius 2 is 2.05 bits per heavy atom. The molecule has 108 valence electrons. The van der Waals surface area contributed by atoms with E-state index in [1.807, 2.05) is 33.8 Å². The van der Waals surface area contributed by atoms with Crippen molar-refractivity contribution >= 4 is 17.5 Å². The molecule has 0 saturated carbocycles. The Balaban J connectivity index is 2.44. The summed E-state index contributed by atoms with van der Waals surface area (Å²) >= 11 is 0. The Morgan fingerprint density at radius 3 is 2.55 bits per heavy atom. The molecule has 2 atom stereocenters. The number of rotatable bonds is 2. The van der Waals surface area contributed by atoms with Gasteiger partial charge in [0.2, 0.25) is 5.91 Å². The van der Waals surface area contributed by atoms with Crippen molar-refractivity contribution in [1.82, 2.24) is 10.3 Å². The Hall–Kier alpha value is -1.91. The molecule has 0 bridgehead atoms. The number of nitrogens with zero attached hydrogens (tertiary/aromatic N) is 2. The molecule has 1 N–H and O–H groups in total. The highest BCUT2D eigenvalue weighted by molar-refractivity contribution is 6.08. The van der Waals surface area contributed by atoms with Crippen LogP contribution in [0.5, 0.6) is 0 Å². The molecule has 5 heteroatoms. The molecule has 0 radical (unpaired) electrons. The third kappa shape index (κ3) is 2.53. The molecule has 2 heterocycles. The average molecular weight is 275 g/mol. The topological polar surface area (TPSA) is 62.3 Å². The number of hydrogen-bond donors (Lipinski definition) is 1. The zero-order valence-electron chi connectivity index (χ0n) is 12.4. The summed E-state index contributed by atoms with van der Waals surface area (Å²) in [6, 6.07) is 2.60. The molecule has 5 nitrogen and oxygen atoms in total. The quantitative estimate of drug-likeness (QED) is 0.894. The Kier molecular flexibility index (Phi) is 3.79. The third-order valence-electron chi connectivity index (χ3n) is 3.56. The van der Waals surface area contributed by atoms with Crippen LogP contribution in [0, 0.1) is 5.41 Å². The standard InChI is InChI=1S/C15H21N3O2/c1-5-11-13(19)17-12(15(2,3)4)14(20)18(11)10-7-6-8-16-9-10/h6-9,11-12H,5H2,1-4H3,(H,17,19). The van der Waals surface area contributed by atoms with Gasteiger partial charge in [-0.3, -0.25) is 19.5 Å². The lowest BCUT2D eigenvalue weighted by atomic mass is 9.83. The van der Waals surface area contributed by atoms with Crippen molar-refractivity contribution in [1.29, 1.82) is 0 Å². The number of carbonyl (C=O) groups excluding carboxylic acids is 2. The fraction of sp³-hybridized carbons (Fsp3) is 0.533. The molecule has 2 unspecified atom stereocenters. The Morgan fingerprint density at radius 1 is 1.35 bits per heavy atom. The molecule has 1 fully saturated rings. The lowest BCUT2D eigenvalue weighted by molar-refractivity contribution is -0.136. The molecular formula is C15H21N3O2. The van der Waals surface area contributed by atoms with Gasteiger partial charge in [-0.2, -0.15) is 0 Å². The normalized spacial score (nSPS) is 23.7. The van der Waals surface area contributed by atoms with E-state index < -0.39 is 12.1 Å². The molecule has 0 aromatic carbocycles. The fourth-order valence-corrected chi connectivity index (χ4v) is 2.47. The van der Waals surface area contributed by atoms with E-state index in [1.54, 1.807) is 23.4 Å². The largest absolute Gasteiger partial charge is 0.342 e. The maximum Gasteiger partial charge on any atom is 0.250 e. The first-order valence-electron chi connectivity index (χ1n) is 6.89. The first-order valence-corrected chi connectivity index (χ1v) is 6.89. The van der Waals surface area contributed by atoms with Crippen LogP contribution in [0.3, 0.4) is 0 Å². The molecule has 1 aliphatic heterocycles. The van der Waals surface area contributed by atoms with E-state index in [2.05, 4.69) is 10.3 Å². The summed E-state index contributed by atoms with van der Waals surface area (Å²) in [6.07, 6.45) is 3.85. The number of hydrogen-bond acceptors (Lipinski definition) is 3. The number of carbonyl (C=O) groups is 2. The highest BCUT2D eigenvalue weighted by Gasteiger charge is 2.45. The second-order valence-corrected chi connectivity index (χ2v) is 6.15. The number of amides is 2. The van der Waals surface area contributed by atoms with Crippen molar-refractivity contribution in [2.24, 2.45) is 5.41 Å². The van der Waals surface area contributed by atoms with Gasteiger partial charge in [-0.15, -0.1) is 0 Å². The summed E-state index contributed by atoms with van der Waals surface area (Å²) < 4.78 is 0. The van der Waals surface area contributed by atoms with Crippen LogP contribution in [0.1, 0.15) is 34.1 Å². The number of aromatic nitrogens is 1. The predicted octanol–water partition coefficient (Wildman–Crippen LogP) is 1.74. The molecule has 1 saturated heterocycles. The number of piperazine rings is 1. The molecule has 0 spiro atoms. The van der Waals surface area contributed by atoms with E-state index in [9.17, 15) is 9.59 Å². The monoisotopic (exact) mass is 275 g/mol. The van der Waals surface area contributed by atoms with Crippen molar-refractivity contribution < 1.29 is 9.59 Å². The minimum atomic E-state index is -0.516. The summed E-state index contributed by atoms with van der Waals surface area (Å²) in [4.78, 5) is 30.7. The summed E-state index contributed by atoms with van der Waals surface area (Å²) in [5.74, 6) is -0.173. The molecule has 20 heavy (non-hydrogen) atoms. The molecule has 2 amide bonds. The van der Waals surface area contributed by atoms with E-state index in [1.165, 1.54) is 0 Å². The molecule has 1 aliphatic rings. The van der Waals surface area contributed by atoms with E-state index in [0.29, 0.717) is 12.1 Å². The lowest BCUT2D eigenvalue weighted by Crippen LogP contribution is -2.66. The average Bonchev–Trinajstić information content (AvgIpc) is 2.40. The highest BCUT2D eigenvalue weighted by Crippen LogP contribution is 2.29. The summed E-state index contributed by atoms with van der Waals surface area (Å²) in [7, 11) is 0. The van der Waals surface area contributed by atoms with Crippen molar-refractivity contribution in [3.8, 4) is 0 Å². The molecular weight excluding hydrogens is 254 g/mol. The zero-order chi connectivity index (χ0) is 14.9. The fourth-order valence-electron chi connectivity index (χ4n) is 2.47. The van der Waals surface area contributed by atoms with Crippen LogP contribution in [-0.2, 0) is 9.59 Å². The van der Waals surface area contributed by atoms with Gasteiger partial charge in [0, 0.05) is 6.20 Å². The van der Waals surface area contributed by atoms with Gasteiger partial charge in [0.1, 0.15) is 12.1 Å². The smallest absolute Gasteiger partial charge is 0.250 e.